The van der Waals surface area contributed by atoms with Crippen molar-refractivity contribution in [2.45, 2.75) is 65.5 Å². The highest BCUT2D eigenvalue weighted by molar-refractivity contribution is 5.29. The van der Waals surface area contributed by atoms with Gasteiger partial charge in [0.1, 0.15) is 0 Å². The molecule has 0 aliphatic heterocycles. The Morgan fingerprint density at radius 3 is 2.76 bits per heavy atom. The molecule has 1 aliphatic carbocycles. The predicted molar refractivity (Wildman–Crippen MR) is 86.6 cm³/mol. The Kier molecular flexibility index (Phi) is 6.09. The second kappa shape index (κ2) is 7.83. The molecule has 1 heterocycles. The van der Waals surface area contributed by atoms with Crippen LogP contribution in [0.25, 0.3) is 0 Å². The third-order valence-electron chi connectivity index (χ3n) is 4.85. The second-order valence-electron chi connectivity index (χ2n) is 6.20. The van der Waals surface area contributed by atoms with Crippen LogP contribution in [0.1, 0.15) is 64.6 Å². The van der Waals surface area contributed by atoms with Gasteiger partial charge in [0, 0.05) is 6.54 Å². The van der Waals surface area contributed by atoms with E-state index in [1.54, 1.807) is 7.11 Å². The van der Waals surface area contributed by atoms with Crippen molar-refractivity contribution in [3.63, 3.8) is 0 Å². The van der Waals surface area contributed by atoms with Crippen LogP contribution in [0.4, 0.5) is 0 Å². The highest BCUT2D eigenvalue weighted by Gasteiger charge is 2.34. The van der Waals surface area contributed by atoms with Crippen LogP contribution < -0.4 is 10.1 Å². The summed E-state index contributed by atoms with van der Waals surface area (Å²) < 4.78 is 7.73. The molecule has 120 valence electrons. The topological polar surface area (TPSA) is 39.1 Å². The summed E-state index contributed by atoms with van der Waals surface area (Å²) in [5.41, 5.74) is 1.25. The van der Waals surface area contributed by atoms with Crippen molar-refractivity contribution in [3.8, 4) is 5.75 Å². The standard InChI is InChI=1S/C17H31N3O/c1-5-10-20-17(15(21-4)12-19-20)16(18-7-3)14-9-8-13(6-2)11-14/h12-14,16,18H,5-11H2,1-4H3. The molecule has 1 aliphatic rings. The number of nitrogens with zero attached hydrogens (tertiary/aromatic N) is 2. The molecular weight excluding hydrogens is 262 g/mol. The zero-order valence-corrected chi connectivity index (χ0v) is 14.1. The van der Waals surface area contributed by atoms with Gasteiger partial charge in [0.05, 0.1) is 25.0 Å². The van der Waals surface area contributed by atoms with Crippen LogP contribution in [-0.2, 0) is 6.54 Å². The Morgan fingerprint density at radius 2 is 2.19 bits per heavy atom. The lowest BCUT2D eigenvalue weighted by Gasteiger charge is -2.26. The SMILES string of the molecule is CCCn1ncc(OC)c1C(NCC)C1CCC(CC)C1. The first kappa shape index (κ1) is 16.3. The molecule has 3 unspecified atom stereocenters. The van der Waals surface area contributed by atoms with Crippen molar-refractivity contribution in [1.29, 1.82) is 0 Å². The van der Waals surface area contributed by atoms with Crippen molar-refractivity contribution in [2.75, 3.05) is 13.7 Å². The van der Waals surface area contributed by atoms with Crippen LogP contribution >= 0.6 is 0 Å². The Hall–Kier alpha value is -1.03. The van der Waals surface area contributed by atoms with E-state index in [-0.39, 0.29) is 0 Å². The van der Waals surface area contributed by atoms with Gasteiger partial charge >= 0.3 is 0 Å². The number of hydrogen-bond acceptors (Lipinski definition) is 3. The van der Waals surface area contributed by atoms with E-state index in [2.05, 4.69) is 35.9 Å². The number of nitrogens with one attached hydrogen (secondary N) is 1. The summed E-state index contributed by atoms with van der Waals surface area (Å²) in [6.45, 7) is 8.65. The Labute approximate surface area is 129 Å². The van der Waals surface area contributed by atoms with Crippen molar-refractivity contribution >= 4 is 0 Å². The number of rotatable bonds is 8. The first-order valence-electron chi connectivity index (χ1n) is 8.58. The molecule has 1 saturated carbocycles. The monoisotopic (exact) mass is 293 g/mol. The van der Waals surface area contributed by atoms with E-state index < -0.39 is 0 Å². The van der Waals surface area contributed by atoms with Gasteiger partial charge in [0.25, 0.3) is 0 Å². The van der Waals surface area contributed by atoms with Gasteiger partial charge in [-0.15, -0.1) is 0 Å². The first-order valence-corrected chi connectivity index (χ1v) is 8.58. The maximum atomic E-state index is 5.59. The molecule has 0 saturated heterocycles. The summed E-state index contributed by atoms with van der Waals surface area (Å²) in [7, 11) is 1.75. The number of aryl methyl sites for hydroxylation is 1. The fourth-order valence-electron chi connectivity index (χ4n) is 3.73. The van der Waals surface area contributed by atoms with Crippen LogP contribution in [0.5, 0.6) is 5.75 Å². The molecule has 4 nitrogen and oxygen atoms in total. The minimum atomic E-state index is 0.371. The average Bonchev–Trinajstić information content (AvgIpc) is 3.12. The smallest absolute Gasteiger partial charge is 0.161 e. The van der Waals surface area contributed by atoms with E-state index in [9.17, 15) is 0 Å². The lowest BCUT2D eigenvalue weighted by atomic mass is 9.93. The van der Waals surface area contributed by atoms with Crippen LogP contribution in [0.15, 0.2) is 6.20 Å². The van der Waals surface area contributed by atoms with Crippen molar-refractivity contribution < 1.29 is 4.74 Å². The molecule has 1 aromatic heterocycles. The highest BCUT2D eigenvalue weighted by atomic mass is 16.5. The van der Waals surface area contributed by atoms with E-state index >= 15 is 0 Å². The number of ether oxygens (including phenoxy) is 1. The van der Waals surface area contributed by atoms with Crippen LogP contribution in [-0.4, -0.2) is 23.4 Å². The van der Waals surface area contributed by atoms with Crippen molar-refractivity contribution in [1.82, 2.24) is 15.1 Å². The fraction of sp³-hybridized carbons (Fsp3) is 0.824. The zero-order valence-electron chi connectivity index (χ0n) is 14.1. The van der Waals surface area contributed by atoms with Gasteiger partial charge in [-0.3, -0.25) is 4.68 Å². The first-order chi connectivity index (χ1) is 10.2. The van der Waals surface area contributed by atoms with E-state index in [4.69, 9.17) is 4.74 Å². The molecule has 1 N–H and O–H groups in total. The van der Waals surface area contributed by atoms with Gasteiger partial charge in [0.15, 0.2) is 5.75 Å². The minimum absolute atomic E-state index is 0.371. The molecule has 4 heteroatoms. The van der Waals surface area contributed by atoms with Gasteiger partial charge in [-0.25, -0.2) is 0 Å². The number of hydrogen-bond donors (Lipinski definition) is 1. The van der Waals surface area contributed by atoms with Gasteiger partial charge in [0.2, 0.25) is 0 Å². The summed E-state index contributed by atoms with van der Waals surface area (Å²) >= 11 is 0. The normalized spacial score (nSPS) is 23.4. The third kappa shape index (κ3) is 3.60. The molecule has 0 amide bonds. The maximum Gasteiger partial charge on any atom is 0.161 e. The molecule has 0 spiro atoms. The molecule has 1 aromatic rings. The fourth-order valence-corrected chi connectivity index (χ4v) is 3.73. The number of aromatic nitrogens is 2. The van der Waals surface area contributed by atoms with Crippen LogP contribution in [0.3, 0.4) is 0 Å². The molecule has 21 heavy (non-hydrogen) atoms. The lowest BCUT2D eigenvalue weighted by molar-refractivity contribution is 0.321. The van der Waals surface area contributed by atoms with E-state index in [1.165, 1.54) is 31.4 Å². The van der Waals surface area contributed by atoms with E-state index in [0.29, 0.717) is 12.0 Å². The second-order valence-corrected chi connectivity index (χ2v) is 6.20. The summed E-state index contributed by atoms with van der Waals surface area (Å²) in [6.07, 6.45) is 8.29. The van der Waals surface area contributed by atoms with Gasteiger partial charge in [-0.2, -0.15) is 5.10 Å². The van der Waals surface area contributed by atoms with Crippen molar-refractivity contribution in [3.05, 3.63) is 11.9 Å². The summed E-state index contributed by atoms with van der Waals surface area (Å²) in [5.74, 6) is 2.54. The Balaban J connectivity index is 2.26. The van der Waals surface area contributed by atoms with Crippen LogP contribution in [0, 0.1) is 11.8 Å². The summed E-state index contributed by atoms with van der Waals surface area (Å²) in [4.78, 5) is 0. The molecule has 3 atom stereocenters. The lowest BCUT2D eigenvalue weighted by Crippen LogP contribution is -2.30. The molecule has 0 aromatic carbocycles. The summed E-state index contributed by atoms with van der Waals surface area (Å²) in [6, 6.07) is 0.371. The minimum Gasteiger partial charge on any atom is -0.493 e. The van der Waals surface area contributed by atoms with Gasteiger partial charge in [-0.1, -0.05) is 33.6 Å². The van der Waals surface area contributed by atoms with Crippen LogP contribution in [0.2, 0.25) is 0 Å². The largest absolute Gasteiger partial charge is 0.493 e. The predicted octanol–water partition coefficient (Wildman–Crippen LogP) is 3.78. The highest BCUT2D eigenvalue weighted by Crippen LogP contribution is 2.42. The molecule has 2 rings (SSSR count). The van der Waals surface area contributed by atoms with E-state index in [1.807, 2.05) is 6.20 Å². The Bertz CT molecular complexity index is 430. The average molecular weight is 293 g/mol. The van der Waals surface area contributed by atoms with Gasteiger partial charge in [-0.05, 0) is 37.6 Å². The molecule has 0 radical (unpaired) electrons. The van der Waals surface area contributed by atoms with E-state index in [0.717, 1.165) is 31.2 Å². The van der Waals surface area contributed by atoms with Gasteiger partial charge < -0.3 is 10.1 Å². The Morgan fingerprint density at radius 1 is 1.38 bits per heavy atom. The maximum absolute atomic E-state index is 5.59. The molecule has 0 bridgehead atoms. The third-order valence-corrected chi connectivity index (χ3v) is 4.85. The molecular formula is C17H31N3O. The number of methoxy groups -OCH3 is 1. The van der Waals surface area contributed by atoms with Crippen molar-refractivity contribution in [2.24, 2.45) is 11.8 Å². The zero-order chi connectivity index (χ0) is 15.2. The summed E-state index contributed by atoms with van der Waals surface area (Å²) in [5, 5.41) is 8.25. The quantitative estimate of drug-likeness (QED) is 0.793. The molecule has 1 fully saturated rings.